The Kier molecular flexibility index (Phi) is 4.95. The highest BCUT2D eigenvalue weighted by Gasteiger charge is 2.20. The highest BCUT2D eigenvalue weighted by atomic mass is 15.4. The number of aryl methyl sites for hydroxylation is 1. The summed E-state index contributed by atoms with van der Waals surface area (Å²) in [7, 11) is 1.93. The minimum absolute atomic E-state index is 0.408. The smallest absolute Gasteiger partial charge is 0.156 e. The van der Waals surface area contributed by atoms with Crippen LogP contribution < -0.4 is 26.8 Å². The zero-order chi connectivity index (χ0) is 21.4. The second-order valence-electron chi connectivity index (χ2n) is 8.27. The molecule has 160 valence electrons. The minimum Gasteiger partial charge on any atom is -0.363 e. The van der Waals surface area contributed by atoms with Crippen molar-refractivity contribution in [3.63, 3.8) is 0 Å². The summed E-state index contributed by atoms with van der Waals surface area (Å²) < 4.78 is 1.83. The van der Waals surface area contributed by atoms with Crippen LogP contribution in [0.15, 0.2) is 54.3 Å². The summed E-state index contributed by atoms with van der Waals surface area (Å²) in [6.45, 7) is 6.24. The Hall–Kier alpha value is -3.59. The summed E-state index contributed by atoms with van der Waals surface area (Å²) in [6.07, 6.45) is 7.96. The van der Waals surface area contributed by atoms with E-state index in [2.05, 4.69) is 62.9 Å². The fourth-order valence-corrected chi connectivity index (χ4v) is 3.59. The maximum absolute atomic E-state index is 4.79. The van der Waals surface area contributed by atoms with Crippen molar-refractivity contribution in [3.05, 3.63) is 54.3 Å². The summed E-state index contributed by atoms with van der Waals surface area (Å²) in [5.41, 5.74) is 11.1. The van der Waals surface area contributed by atoms with E-state index in [0.717, 1.165) is 52.7 Å². The van der Waals surface area contributed by atoms with Gasteiger partial charge in [-0.2, -0.15) is 5.10 Å². The Morgan fingerprint density at radius 2 is 2.06 bits per heavy atom. The van der Waals surface area contributed by atoms with E-state index in [9.17, 15) is 0 Å². The molecule has 2 aliphatic heterocycles. The first-order valence-electron chi connectivity index (χ1n) is 10.5. The van der Waals surface area contributed by atoms with E-state index in [1.165, 1.54) is 5.57 Å². The highest BCUT2D eigenvalue weighted by molar-refractivity contribution is 5.84. The molecule has 3 aromatic rings. The molecular weight excluding hydrogens is 390 g/mol. The van der Waals surface area contributed by atoms with Crippen molar-refractivity contribution in [1.82, 2.24) is 35.9 Å². The number of fused-ring (bicyclic) bond motifs is 1. The van der Waals surface area contributed by atoms with Crippen LogP contribution in [0.25, 0.3) is 22.2 Å². The molecule has 5 heterocycles. The molecule has 0 radical (unpaired) electrons. The van der Waals surface area contributed by atoms with E-state index in [4.69, 9.17) is 4.98 Å². The Morgan fingerprint density at radius 3 is 2.84 bits per heavy atom. The van der Waals surface area contributed by atoms with Gasteiger partial charge in [-0.05, 0) is 35.8 Å². The van der Waals surface area contributed by atoms with Crippen LogP contribution in [0.1, 0.15) is 13.8 Å². The van der Waals surface area contributed by atoms with Gasteiger partial charge < -0.3 is 21.4 Å². The summed E-state index contributed by atoms with van der Waals surface area (Å²) in [5.74, 6) is 2.91. The molecule has 0 aromatic carbocycles. The number of hydrogen-bond donors (Lipinski definition) is 5. The number of hydrazine groups is 1. The van der Waals surface area contributed by atoms with Crippen LogP contribution in [0.4, 0.5) is 11.6 Å². The second-order valence-corrected chi connectivity index (χ2v) is 8.27. The van der Waals surface area contributed by atoms with Crippen molar-refractivity contribution in [2.75, 3.05) is 23.7 Å². The molecule has 0 unspecified atom stereocenters. The lowest BCUT2D eigenvalue weighted by atomic mass is 10.0. The first-order chi connectivity index (χ1) is 15.0. The van der Waals surface area contributed by atoms with Crippen molar-refractivity contribution in [1.29, 1.82) is 0 Å². The number of allylic oxidation sites excluding steroid dienone is 2. The zero-order valence-electron chi connectivity index (χ0n) is 17.9. The number of nitrogens with zero attached hydrogens (tertiary/aromatic N) is 4. The maximum atomic E-state index is 4.79. The quantitative estimate of drug-likeness (QED) is 0.416. The predicted molar refractivity (Wildman–Crippen MR) is 123 cm³/mol. The molecule has 5 rings (SSSR count). The van der Waals surface area contributed by atoms with Crippen molar-refractivity contribution in [2.24, 2.45) is 13.0 Å². The molecular formula is C22H27N9. The zero-order valence-corrected chi connectivity index (χ0v) is 17.9. The Labute approximate surface area is 181 Å². The maximum Gasteiger partial charge on any atom is 0.156 e. The third-order valence-electron chi connectivity index (χ3n) is 5.49. The van der Waals surface area contributed by atoms with Crippen molar-refractivity contribution in [3.8, 4) is 11.1 Å². The lowest BCUT2D eigenvalue weighted by Gasteiger charge is -2.28. The van der Waals surface area contributed by atoms with Gasteiger partial charge in [0.15, 0.2) is 5.82 Å². The van der Waals surface area contributed by atoms with Crippen LogP contribution in [0.2, 0.25) is 0 Å². The van der Waals surface area contributed by atoms with E-state index in [1.807, 2.05) is 42.5 Å². The van der Waals surface area contributed by atoms with Gasteiger partial charge in [0.05, 0.1) is 17.1 Å². The molecule has 0 saturated carbocycles. The van der Waals surface area contributed by atoms with Crippen LogP contribution >= 0.6 is 0 Å². The molecule has 9 heteroatoms. The number of hydrogen-bond acceptors (Lipinski definition) is 8. The topological polar surface area (TPSA) is 104 Å². The molecule has 0 atom stereocenters. The van der Waals surface area contributed by atoms with E-state index >= 15 is 0 Å². The molecule has 2 aliphatic rings. The Balaban J connectivity index is 1.43. The van der Waals surface area contributed by atoms with Crippen LogP contribution in [-0.2, 0) is 7.05 Å². The third-order valence-corrected chi connectivity index (χ3v) is 5.49. The first kappa shape index (κ1) is 19.4. The molecule has 3 aromatic heterocycles. The van der Waals surface area contributed by atoms with Crippen LogP contribution in [-0.4, -0.2) is 38.9 Å². The van der Waals surface area contributed by atoms with Crippen molar-refractivity contribution in [2.45, 2.75) is 19.9 Å². The summed E-state index contributed by atoms with van der Waals surface area (Å²) in [5, 5.41) is 14.7. The number of nitrogens with one attached hydrogen (secondary N) is 5. The van der Waals surface area contributed by atoms with Gasteiger partial charge in [-0.1, -0.05) is 13.8 Å². The summed E-state index contributed by atoms with van der Waals surface area (Å²) >= 11 is 0. The number of anilines is 2. The Bertz CT molecular complexity index is 1170. The largest absolute Gasteiger partial charge is 0.363 e. The summed E-state index contributed by atoms with van der Waals surface area (Å²) in [6, 6.07) is 6.39. The normalized spacial score (nSPS) is 16.3. The standard InChI is InChI=1S/C22H27N9/c1-13(2)14-7-21(29-25-9-14)28-20-5-4-18-19(27-20)6-15(8-24-18)17-12-31(3)30-22(17)26-16-10-23-11-16/h4-9,12-13,16,23,25,29H,10-11H2,1-3H3,(H,26,30)(H,27,28). The molecule has 31 heavy (non-hydrogen) atoms. The second kappa shape index (κ2) is 7.92. The van der Waals surface area contributed by atoms with Gasteiger partial charge in [0.1, 0.15) is 11.6 Å². The number of aromatic nitrogens is 4. The van der Waals surface area contributed by atoms with Crippen molar-refractivity contribution < 1.29 is 0 Å². The molecule has 0 spiro atoms. The molecule has 1 saturated heterocycles. The molecule has 5 N–H and O–H groups in total. The predicted octanol–water partition coefficient (Wildman–Crippen LogP) is 2.32. The van der Waals surface area contributed by atoms with E-state index in [0.29, 0.717) is 12.0 Å². The number of rotatable bonds is 6. The molecule has 0 bridgehead atoms. The van der Waals surface area contributed by atoms with Crippen LogP contribution in [0.3, 0.4) is 0 Å². The fourth-order valence-electron chi connectivity index (χ4n) is 3.59. The van der Waals surface area contributed by atoms with Gasteiger partial charge in [-0.3, -0.25) is 15.1 Å². The monoisotopic (exact) mass is 417 g/mol. The Morgan fingerprint density at radius 1 is 1.19 bits per heavy atom. The fraction of sp³-hybridized carbons (Fsp3) is 0.318. The van der Waals surface area contributed by atoms with Gasteiger partial charge in [-0.25, -0.2) is 4.98 Å². The van der Waals surface area contributed by atoms with Gasteiger partial charge in [-0.15, -0.1) is 0 Å². The number of pyridine rings is 2. The minimum atomic E-state index is 0.408. The lowest BCUT2D eigenvalue weighted by molar-refractivity contribution is 0.470. The highest BCUT2D eigenvalue weighted by Crippen LogP contribution is 2.29. The molecule has 9 nitrogen and oxygen atoms in total. The van der Waals surface area contributed by atoms with Gasteiger partial charge in [0, 0.05) is 49.9 Å². The first-order valence-corrected chi connectivity index (χ1v) is 10.5. The average Bonchev–Trinajstić information content (AvgIpc) is 3.10. The lowest BCUT2D eigenvalue weighted by Crippen LogP contribution is -2.51. The van der Waals surface area contributed by atoms with E-state index in [1.54, 1.807) is 0 Å². The van der Waals surface area contributed by atoms with Crippen LogP contribution in [0.5, 0.6) is 0 Å². The molecule has 1 fully saturated rings. The summed E-state index contributed by atoms with van der Waals surface area (Å²) in [4.78, 5) is 9.42. The van der Waals surface area contributed by atoms with E-state index in [-0.39, 0.29) is 0 Å². The van der Waals surface area contributed by atoms with Crippen LogP contribution in [0, 0.1) is 5.92 Å². The average molecular weight is 418 g/mol. The van der Waals surface area contributed by atoms with Gasteiger partial charge >= 0.3 is 0 Å². The van der Waals surface area contributed by atoms with Crippen molar-refractivity contribution >= 4 is 22.7 Å². The molecule has 0 amide bonds. The van der Waals surface area contributed by atoms with Gasteiger partial charge in [0.25, 0.3) is 0 Å². The van der Waals surface area contributed by atoms with Gasteiger partial charge in [0.2, 0.25) is 0 Å². The SMILES string of the molecule is CC(C)C1=CNNC(Nc2ccc3ncc(-c4cn(C)nc4NC4CNC4)cc3n2)=C1. The third kappa shape index (κ3) is 4.04. The van der Waals surface area contributed by atoms with E-state index < -0.39 is 0 Å². The molecule has 0 aliphatic carbocycles.